The van der Waals surface area contributed by atoms with Gasteiger partial charge in [-0.15, -0.1) is 0 Å². The Bertz CT molecular complexity index is 326. The summed E-state index contributed by atoms with van der Waals surface area (Å²) in [6, 6.07) is 0.222. The van der Waals surface area contributed by atoms with Gasteiger partial charge in [-0.05, 0) is 19.6 Å². The SMILES string of the molecule is CCSCC(O)c1c(OC)cnn1C(C)C. The monoisotopic (exact) mass is 244 g/mol. The van der Waals surface area contributed by atoms with Gasteiger partial charge in [-0.2, -0.15) is 16.9 Å². The molecule has 1 heterocycles. The average molecular weight is 244 g/mol. The van der Waals surface area contributed by atoms with Crippen LogP contribution in [0.5, 0.6) is 5.75 Å². The summed E-state index contributed by atoms with van der Waals surface area (Å²) >= 11 is 1.71. The second-order valence-electron chi connectivity index (χ2n) is 3.81. The number of aliphatic hydroxyl groups excluding tert-OH is 1. The van der Waals surface area contributed by atoms with Crippen molar-refractivity contribution in [3.8, 4) is 5.75 Å². The molecule has 0 aliphatic rings. The largest absolute Gasteiger partial charge is 0.493 e. The number of thioether (sulfide) groups is 1. The zero-order valence-electron chi connectivity index (χ0n) is 10.3. The molecule has 92 valence electrons. The predicted octanol–water partition coefficient (Wildman–Crippen LogP) is 2.26. The molecule has 0 saturated heterocycles. The lowest BCUT2D eigenvalue weighted by Gasteiger charge is -2.16. The van der Waals surface area contributed by atoms with Gasteiger partial charge in [0.15, 0.2) is 5.75 Å². The number of aromatic nitrogens is 2. The molecule has 0 aromatic carbocycles. The highest BCUT2D eigenvalue weighted by atomic mass is 32.2. The third-order valence-electron chi connectivity index (χ3n) is 2.30. The highest BCUT2D eigenvalue weighted by Crippen LogP contribution is 2.29. The van der Waals surface area contributed by atoms with Crippen molar-refractivity contribution in [2.24, 2.45) is 0 Å². The van der Waals surface area contributed by atoms with Crippen molar-refractivity contribution in [2.75, 3.05) is 18.6 Å². The molecule has 0 aliphatic carbocycles. The van der Waals surface area contributed by atoms with E-state index in [0.717, 1.165) is 11.4 Å². The summed E-state index contributed by atoms with van der Waals surface area (Å²) in [5, 5.41) is 14.4. The van der Waals surface area contributed by atoms with E-state index < -0.39 is 6.10 Å². The minimum absolute atomic E-state index is 0.222. The number of aliphatic hydroxyl groups is 1. The van der Waals surface area contributed by atoms with Crippen LogP contribution in [0.4, 0.5) is 0 Å². The smallest absolute Gasteiger partial charge is 0.162 e. The van der Waals surface area contributed by atoms with Gasteiger partial charge in [0.25, 0.3) is 0 Å². The van der Waals surface area contributed by atoms with Crippen LogP contribution in [0.1, 0.15) is 38.6 Å². The molecule has 4 nitrogen and oxygen atoms in total. The third-order valence-corrected chi connectivity index (χ3v) is 3.26. The molecule has 16 heavy (non-hydrogen) atoms. The average Bonchev–Trinajstić information content (AvgIpc) is 2.69. The van der Waals surface area contributed by atoms with E-state index in [4.69, 9.17) is 4.74 Å². The number of hydrogen-bond donors (Lipinski definition) is 1. The quantitative estimate of drug-likeness (QED) is 0.834. The molecular formula is C11H20N2O2S. The maximum atomic E-state index is 10.1. The van der Waals surface area contributed by atoms with Crippen molar-refractivity contribution in [1.29, 1.82) is 0 Å². The van der Waals surface area contributed by atoms with E-state index in [-0.39, 0.29) is 6.04 Å². The molecule has 1 unspecified atom stereocenters. The van der Waals surface area contributed by atoms with Gasteiger partial charge in [0.2, 0.25) is 0 Å². The number of methoxy groups -OCH3 is 1. The fraction of sp³-hybridized carbons (Fsp3) is 0.727. The highest BCUT2D eigenvalue weighted by molar-refractivity contribution is 7.99. The lowest BCUT2D eigenvalue weighted by Crippen LogP contribution is -2.13. The minimum Gasteiger partial charge on any atom is -0.493 e. The molecule has 0 amide bonds. The Kier molecular flexibility index (Phi) is 5.15. The van der Waals surface area contributed by atoms with E-state index in [1.54, 1.807) is 25.1 Å². The molecule has 0 radical (unpaired) electrons. The van der Waals surface area contributed by atoms with Crippen LogP contribution in [0.15, 0.2) is 6.20 Å². The summed E-state index contributed by atoms with van der Waals surface area (Å²) in [6.07, 6.45) is 1.14. The van der Waals surface area contributed by atoms with Gasteiger partial charge in [0.1, 0.15) is 11.8 Å². The number of ether oxygens (including phenoxy) is 1. The first-order valence-electron chi connectivity index (χ1n) is 5.49. The molecular weight excluding hydrogens is 224 g/mol. The number of rotatable bonds is 6. The molecule has 1 atom stereocenters. The van der Waals surface area contributed by atoms with Crippen LogP contribution in [-0.4, -0.2) is 33.5 Å². The summed E-state index contributed by atoms with van der Waals surface area (Å²) < 4.78 is 7.04. The Hall–Kier alpha value is -0.680. The first kappa shape index (κ1) is 13.4. The number of hydrogen-bond acceptors (Lipinski definition) is 4. The Balaban J connectivity index is 2.93. The van der Waals surface area contributed by atoms with Crippen LogP contribution >= 0.6 is 11.8 Å². The van der Waals surface area contributed by atoms with Gasteiger partial charge in [-0.1, -0.05) is 6.92 Å². The van der Waals surface area contributed by atoms with Crippen molar-refractivity contribution in [3.05, 3.63) is 11.9 Å². The third kappa shape index (κ3) is 2.92. The van der Waals surface area contributed by atoms with E-state index in [1.165, 1.54) is 0 Å². The van der Waals surface area contributed by atoms with Gasteiger partial charge < -0.3 is 9.84 Å². The molecule has 1 aromatic heterocycles. The standard InChI is InChI=1S/C11H20N2O2S/c1-5-16-7-9(14)11-10(15-4)6-12-13(11)8(2)3/h6,8-9,14H,5,7H2,1-4H3. The molecule has 5 heteroatoms. The molecule has 0 aliphatic heterocycles. The Morgan fingerprint density at radius 2 is 2.25 bits per heavy atom. The molecule has 1 aromatic rings. The fourth-order valence-corrected chi connectivity index (χ4v) is 2.17. The van der Waals surface area contributed by atoms with Crippen LogP contribution in [0.25, 0.3) is 0 Å². The van der Waals surface area contributed by atoms with E-state index in [2.05, 4.69) is 12.0 Å². The maximum absolute atomic E-state index is 10.1. The van der Waals surface area contributed by atoms with Crippen LogP contribution in [0.3, 0.4) is 0 Å². The summed E-state index contributed by atoms with van der Waals surface area (Å²) in [5.41, 5.74) is 0.776. The summed E-state index contributed by atoms with van der Waals surface area (Å²) in [4.78, 5) is 0. The lowest BCUT2D eigenvalue weighted by atomic mass is 10.2. The van der Waals surface area contributed by atoms with Crippen molar-refractivity contribution in [2.45, 2.75) is 32.9 Å². The minimum atomic E-state index is -0.523. The summed E-state index contributed by atoms with van der Waals surface area (Å²) in [6.45, 7) is 6.15. The topological polar surface area (TPSA) is 47.3 Å². The van der Waals surface area contributed by atoms with E-state index in [9.17, 15) is 5.11 Å². The van der Waals surface area contributed by atoms with Crippen molar-refractivity contribution in [1.82, 2.24) is 9.78 Å². The van der Waals surface area contributed by atoms with Gasteiger partial charge >= 0.3 is 0 Å². The Morgan fingerprint density at radius 3 is 2.75 bits per heavy atom. The first-order valence-corrected chi connectivity index (χ1v) is 6.64. The Labute approximate surface area is 101 Å². The molecule has 0 spiro atoms. The maximum Gasteiger partial charge on any atom is 0.162 e. The van der Waals surface area contributed by atoms with Crippen LogP contribution in [-0.2, 0) is 0 Å². The fourth-order valence-electron chi connectivity index (χ4n) is 1.55. The molecule has 0 fully saturated rings. The zero-order valence-corrected chi connectivity index (χ0v) is 11.1. The van der Waals surface area contributed by atoms with Crippen molar-refractivity contribution in [3.63, 3.8) is 0 Å². The van der Waals surface area contributed by atoms with E-state index in [0.29, 0.717) is 11.5 Å². The zero-order chi connectivity index (χ0) is 12.1. The molecule has 1 rings (SSSR count). The number of nitrogens with zero attached hydrogens (tertiary/aromatic N) is 2. The van der Waals surface area contributed by atoms with E-state index >= 15 is 0 Å². The van der Waals surface area contributed by atoms with Crippen LogP contribution in [0, 0.1) is 0 Å². The van der Waals surface area contributed by atoms with Gasteiger partial charge in [-0.3, -0.25) is 4.68 Å². The first-order chi connectivity index (χ1) is 7.61. The van der Waals surface area contributed by atoms with Gasteiger partial charge in [0.05, 0.1) is 13.3 Å². The van der Waals surface area contributed by atoms with Crippen molar-refractivity contribution < 1.29 is 9.84 Å². The molecule has 0 bridgehead atoms. The Morgan fingerprint density at radius 1 is 1.56 bits per heavy atom. The predicted molar refractivity (Wildman–Crippen MR) is 67.1 cm³/mol. The normalized spacial score (nSPS) is 13.1. The molecule has 1 N–H and O–H groups in total. The summed E-state index contributed by atoms with van der Waals surface area (Å²) in [5.74, 6) is 2.33. The van der Waals surface area contributed by atoms with Crippen LogP contribution in [0.2, 0.25) is 0 Å². The van der Waals surface area contributed by atoms with Gasteiger partial charge in [-0.25, -0.2) is 0 Å². The second kappa shape index (κ2) is 6.15. The molecule has 0 saturated carbocycles. The lowest BCUT2D eigenvalue weighted by molar-refractivity contribution is 0.184. The highest BCUT2D eigenvalue weighted by Gasteiger charge is 2.20. The van der Waals surface area contributed by atoms with E-state index in [1.807, 2.05) is 18.5 Å². The summed E-state index contributed by atoms with van der Waals surface area (Å²) in [7, 11) is 1.60. The van der Waals surface area contributed by atoms with Gasteiger partial charge in [0, 0.05) is 11.8 Å². The van der Waals surface area contributed by atoms with Crippen LogP contribution < -0.4 is 4.74 Å². The van der Waals surface area contributed by atoms with Crippen molar-refractivity contribution >= 4 is 11.8 Å². The second-order valence-corrected chi connectivity index (χ2v) is 5.13.